The van der Waals surface area contributed by atoms with Gasteiger partial charge < -0.3 is 9.16 Å². The van der Waals surface area contributed by atoms with Gasteiger partial charge in [0, 0.05) is 14.1 Å². The zero-order valence-corrected chi connectivity index (χ0v) is 26.5. The second-order valence-electron chi connectivity index (χ2n) is 12.8. The lowest BCUT2D eigenvalue weighted by molar-refractivity contribution is -0.134. The van der Waals surface area contributed by atoms with E-state index in [1.54, 1.807) is 0 Å². The maximum atomic E-state index is 11.8. The van der Waals surface area contributed by atoms with Crippen LogP contribution in [0, 0.1) is 5.41 Å². The van der Waals surface area contributed by atoms with Gasteiger partial charge in [-0.1, -0.05) is 139 Å². The molecule has 0 spiro atoms. The molecule has 0 radical (unpaired) electrons. The molecule has 0 aliphatic heterocycles. The Morgan fingerprint density at radius 2 is 1.38 bits per heavy atom. The first kappa shape index (κ1) is 31.0. The zero-order chi connectivity index (χ0) is 27.7. The van der Waals surface area contributed by atoms with Crippen LogP contribution in [-0.2, 0) is 14.0 Å². The molecule has 0 aliphatic rings. The number of benzene rings is 2. The molecule has 0 heterocycles. The normalized spacial score (nSPS) is 14.3. The molecule has 3 nitrogen and oxygen atoms in total. The van der Waals surface area contributed by atoms with E-state index in [-0.39, 0.29) is 22.5 Å². The van der Waals surface area contributed by atoms with Crippen LogP contribution in [-0.4, -0.2) is 35.6 Å². The van der Waals surface area contributed by atoms with Gasteiger partial charge >= 0.3 is 5.97 Å². The van der Waals surface area contributed by atoms with Crippen molar-refractivity contribution in [3.05, 3.63) is 85.0 Å². The largest absolute Gasteiger partial charge is 0.466 e. The molecule has 0 N–H and O–H groups in total. The van der Waals surface area contributed by atoms with E-state index in [1.165, 1.54) is 29.6 Å². The minimum atomic E-state index is -2.75. The van der Waals surface area contributed by atoms with E-state index in [0.29, 0.717) is 6.42 Å². The van der Waals surface area contributed by atoms with Crippen molar-refractivity contribution in [2.75, 3.05) is 7.11 Å². The van der Waals surface area contributed by atoms with Gasteiger partial charge in [-0.3, -0.25) is 0 Å². The lowest BCUT2D eigenvalue weighted by Crippen LogP contribution is -2.68. The topological polar surface area (TPSA) is 35.5 Å². The fourth-order valence-corrected chi connectivity index (χ4v) is 10.5. The summed E-state index contributed by atoms with van der Waals surface area (Å²) >= 11 is 0. The van der Waals surface area contributed by atoms with Gasteiger partial charge in [0.25, 0.3) is 8.32 Å². The van der Waals surface area contributed by atoms with Crippen LogP contribution in [0.25, 0.3) is 0 Å². The SMILES string of the molecule is COC(=O)/C=C/CC(C)(C)C(/C=C\CC[Si](C)(C)C)O[Si](c1ccccc1)(c1ccccc1)C(C)(C)C. The quantitative estimate of drug-likeness (QED) is 0.123. The van der Waals surface area contributed by atoms with E-state index >= 15 is 0 Å². The predicted octanol–water partition coefficient (Wildman–Crippen LogP) is 7.36. The van der Waals surface area contributed by atoms with E-state index in [2.05, 4.69) is 127 Å². The molecular formula is C32H48O3Si2. The van der Waals surface area contributed by atoms with Crippen LogP contribution in [0.5, 0.6) is 0 Å². The summed E-state index contributed by atoms with van der Waals surface area (Å²) < 4.78 is 12.4. The van der Waals surface area contributed by atoms with Crippen molar-refractivity contribution < 1.29 is 14.0 Å². The smallest absolute Gasteiger partial charge is 0.330 e. The van der Waals surface area contributed by atoms with Crippen LogP contribution in [0.4, 0.5) is 0 Å². The molecule has 2 aromatic carbocycles. The molecule has 2 aromatic rings. The Morgan fingerprint density at radius 1 is 0.865 bits per heavy atom. The Hall–Kier alpha value is -2.22. The molecule has 1 atom stereocenters. The number of esters is 1. The highest BCUT2D eigenvalue weighted by atomic mass is 28.4. The van der Waals surface area contributed by atoms with Gasteiger partial charge in [-0.15, -0.1) is 0 Å². The minimum Gasteiger partial charge on any atom is -0.466 e. The van der Waals surface area contributed by atoms with Crippen molar-refractivity contribution in [1.29, 1.82) is 0 Å². The van der Waals surface area contributed by atoms with Gasteiger partial charge in [0.2, 0.25) is 0 Å². The minimum absolute atomic E-state index is 0.113. The van der Waals surface area contributed by atoms with Crippen molar-refractivity contribution >= 4 is 32.7 Å². The fraction of sp³-hybridized carbons (Fsp3) is 0.469. The molecule has 0 aliphatic carbocycles. The average molecular weight is 537 g/mol. The molecule has 0 aromatic heterocycles. The summed E-state index contributed by atoms with van der Waals surface area (Å²) in [6.45, 7) is 18.7. The summed E-state index contributed by atoms with van der Waals surface area (Å²) in [5, 5.41) is 2.43. The Labute approximate surface area is 228 Å². The third-order valence-corrected chi connectivity index (χ3v) is 13.8. The first-order valence-electron chi connectivity index (χ1n) is 13.4. The van der Waals surface area contributed by atoms with E-state index in [4.69, 9.17) is 9.16 Å². The number of allylic oxidation sites excluding steroid dienone is 2. The van der Waals surface area contributed by atoms with Crippen molar-refractivity contribution in [3.8, 4) is 0 Å². The van der Waals surface area contributed by atoms with Gasteiger partial charge in [0.1, 0.15) is 0 Å². The van der Waals surface area contributed by atoms with Gasteiger partial charge in [-0.2, -0.15) is 0 Å². The summed E-state index contributed by atoms with van der Waals surface area (Å²) in [4.78, 5) is 11.8. The monoisotopic (exact) mass is 536 g/mol. The van der Waals surface area contributed by atoms with Gasteiger partial charge in [-0.25, -0.2) is 4.79 Å². The molecule has 0 saturated heterocycles. The van der Waals surface area contributed by atoms with Crippen LogP contribution in [0.2, 0.25) is 30.7 Å². The lowest BCUT2D eigenvalue weighted by Gasteiger charge is -2.47. The van der Waals surface area contributed by atoms with Gasteiger partial charge in [-0.05, 0) is 33.7 Å². The van der Waals surface area contributed by atoms with Crippen LogP contribution < -0.4 is 10.4 Å². The summed E-state index contributed by atoms with van der Waals surface area (Å²) in [6, 6.07) is 22.8. The van der Waals surface area contributed by atoms with Crippen LogP contribution >= 0.6 is 0 Å². The van der Waals surface area contributed by atoms with Crippen LogP contribution in [0.15, 0.2) is 85.0 Å². The van der Waals surface area contributed by atoms with Gasteiger partial charge in [0.15, 0.2) is 0 Å². The van der Waals surface area contributed by atoms with Gasteiger partial charge in [0.05, 0.1) is 13.2 Å². The number of carbonyl (C=O) groups excluding carboxylic acids is 1. The third kappa shape index (κ3) is 8.66. The zero-order valence-electron chi connectivity index (χ0n) is 24.5. The number of hydrogen-bond donors (Lipinski definition) is 0. The molecule has 0 bridgehead atoms. The summed E-state index contributed by atoms with van der Waals surface area (Å²) in [5.41, 5.74) is -0.243. The molecular weight excluding hydrogens is 489 g/mol. The van der Waals surface area contributed by atoms with E-state index in [9.17, 15) is 4.79 Å². The molecule has 0 fully saturated rings. The molecule has 0 saturated carbocycles. The Morgan fingerprint density at radius 3 is 1.81 bits per heavy atom. The summed E-state index contributed by atoms with van der Waals surface area (Å²) in [7, 11) is -2.48. The molecule has 5 heteroatoms. The number of hydrogen-bond acceptors (Lipinski definition) is 3. The predicted molar refractivity (Wildman–Crippen MR) is 164 cm³/mol. The Balaban J connectivity index is 2.63. The third-order valence-electron chi connectivity index (χ3n) is 6.96. The molecule has 37 heavy (non-hydrogen) atoms. The highest BCUT2D eigenvalue weighted by Crippen LogP contribution is 2.41. The number of rotatable bonds is 12. The Kier molecular flexibility index (Phi) is 10.9. The van der Waals surface area contributed by atoms with E-state index < -0.39 is 16.4 Å². The highest BCUT2D eigenvalue weighted by molar-refractivity contribution is 6.99. The number of ether oxygens (including phenoxy) is 1. The maximum Gasteiger partial charge on any atom is 0.330 e. The number of carbonyl (C=O) groups is 1. The fourth-order valence-electron chi connectivity index (χ4n) is 4.72. The molecule has 202 valence electrons. The first-order valence-corrected chi connectivity index (χ1v) is 19.0. The molecule has 0 amide bonds. The number of methoxy groups -OCH3 is 1. The van der Waals surface area contributed by atoms with Crippen molar-refractivity contribution in [3.63, 3.8) is 0 Å². The first-order chi connectivity index (χ1) is 17.2. The van der Waals surface area contributed by atoms with Crippen molar-refractivity contribution in [1.82, 2.24) is 0 Å². The van der Waals surface area contributed by atoms with Crippen LogP contribution in [0.3, 0.4) is 0 Å². The second-order valence-corrected chi connectivity index (χ2v) is 22.7. The second kappa shape index (κ2) is 13.0. The summed E-state index contributed by atoms with van der Waals surface area (Å²) in [6.07, 6.45) is 9.69. The van der Waals surface area contributed by atoms with Crippen molar-refractivity contribution in [2.24, 2.45) is 5.41 Å². The Bertz CT molecular complexity index is 990. The average Bonchev–Trinajstić information content (AvgIpc) is 2.83. The molecule has 2 rings (SSSR count). The van der Waals surface area contributed by atoms with E-state index in [1.807, 2.05) is 6.08 Å². The lowest BCUT2D eigenvalue weighted by atomic mass is 9.82. The van der Waals surface area contributed by atoms with Crippen molar-refractivity contribution in [2.45, 2.75) is 84.3 Å². The van der Waals surface area contributed by atoms with E-state index in [0.717, 1.165) is 6.42 Å². The standard InChI is InChI=1S/C32H48O3Si2/c1-31(2,3)37(27-19-12-10-13-20-27,28-21-14-11-15-22-28)35-29(23-16-17-26-36(7,8)9)32(4,5)25-18-24-30(33)34-6/h10-16,18-24,29H,17,25-26H2,1-9H3/b23-16-,24-18+. The molecule has 1 unspecified atom stereocenters. The van der Waals surface area contributed by atoms with Crippen LogP contribution in [0.1, 0.15) is 47.5 Å². The summed E-state index contributed by atoms with van der Waals surface area (Å²) in [5.74, 6) is -0.328. The highest BCUT2D eigenvalue weighted by Gasteiger charge is 2.52. The maximum absolute atomic E-state index is 11.8.